The maximum atomic E-state index is 12.7. The molecule has 5 nitrogen and oxygen atoms in total. The zero-order chi connectivity index (χ0) is 15.9. The summed E-state index contributed by atoms with van der Waals surface area (Å²) in [6.07, 6.45) is 2.12. The van der Waals surface area contributed by atoms with Crippen molar-refractivity contribution in [3.63, 3.8) is 0 Å². The van der Waals surface area contributed by atoms with E-state index in [1.54, 1.807) is 6.07 Å². The minimum Gasteiger partial charge on any atom is -0.490 e. The molecule has 0 spiro atoms. The van der Waals surface area contributed by atoms with Crippen molar-refractivity contribution in [3.05, 3.63) is 23.8 Å². The van der Waals surface area contributed by atoms with Crippen molar-refractivity contribution < 1.29 is 14.3 Å². The predicted octanol–water partition coefficient (Wildman–Crippen LogP) is 2.29. The van der Waals surface area contributed by atoms with Gasteiger partial charge in [0.25, 0.3) is 5.91 Å². The van der Waals surface area contributed by atoms with Crippen LogP contribution in [0.3, 0.4) is 0 Å². The fourth-order valence-electron chi connectivity index (χ4n) is 2.81. The summed E-state index contributed by atoms with van der Waals surface area (Å²) < 4.78 is 11.1. The highest BCUT2D eigenvalue weighted by Gasteiger charge is 2.24. The third-order valence-electron chi connectivity index (χ3n) is 3.93. The molecule has 1 aromatic carbocycles. The van der Waals surface area contributed by atoms with E-state index in [1.807, 2.05) is 30.9 Å². The molecular weight excluding hydrogens is 280 g/mol. The van der Waals surface area contributed by atoms with Gasteiger partial charge >= 0.3 is 0 Å². The molecule has 1 atom stereocenters. The normalized spacial score (nSPS) is 18.1. The number of amides is 1. The minimum absolute atomic E-state index is 0.0437. The van der Waals surface area contributed by atoms with Gasteiger partial charge in [-0.15, -0.1) is 0 Å². The van der Waals surface area contributed by atoms with Gasteiger partial charge in [-0.25, -0.2) is 0 Å². The van der Waals surface area contributed by atoms with E-state index < -0.39 is 0 Å². The Labute approximate surface area is 132 Å². The number of nitrogens with two attached hydrogens (primary N) is 1. The van der Waals surface area contributed by atoms with E-state index in [2.05, 4.69) is 0 Å². The summed E-state index contributed by atoms with van der Waals surface area (Å²) in [5.41, 5.74) is 6.39. The first-order chi connectivity index (χ1) is 10.7. The SMILES string of the molecule is CCOc1ccc(C(=O)N2CCCC(CN)C2)cc1OCC. The molecule has 2 rings (SSSR count). The lowest BCUT2D eigenvalue weighted by Gasteiger charge is -2.32. The largest absolute Gasteiger partial charge is 0.490 e. The van der Waals surface area contributed by atoms with Crippen LogP contribution in [0.25, 0.3) is 0 Å². The molecule has 2 N–H and O–H groups in total. The van der Waals surface area contributed by atoms with Crippen LogP contribution in [-0.4, -0.2) is 43.7 Å². The maximum absolute atomic E-state index is 12.7. The molecule has 1 aromatic rings. The van der Waals surface area contributed by atoms with E-state index in [0.717, 1.165) is 25.9 Å². The van der Waals surface area contributed by atoms with Crippen LogP contribution in [-0.2, 0) is 0 Å². The van der Waals surface area contributed by atoms with E-state index in [0.29, 0.717) is 42.7 Å². The predicted molar refractivity (Wildman–Crippen MR) is 86.5 cm³/mol. The van der Waals surface area contributed by atoms with Crippen molar-refractivity contribution in [1.29, 1.82) is 0 Å². The number of carbonyl (C=O) groups is 1. The van der Waals surface area contributed by atoms with Crippen LogP contribution in [0.5, 0.6) is 11.5 Å². The Morgan fingerprint density at radius 2 is 2.00 bits per heavy atom. The molecule has 1 fully saturated rings. The first kappa shape index (κ1) is 16.6. The van der Waals surface area contributed by atoms with Crippen LogP contribution in [0.15, 0.2) is 18.2 Å². The van der Waals surface area contributed by atoms with Crippen molar-refractivity contribution in [2.24, 2.45) is 11.7 Å². The number of piperidine rings is 1. The van der Waals surface area contributed by atoms with Gasteiger partial charge in [-0.05, 0) is 57.4 Å². The number of hydrogen-bond donors (Lipinski definition) is 1. The number of carbonyl (C=O) groups excluding carboxylic acids is 1. The van der Waals surface area contributed by atoms with Crippen LogP contribution in [0, 0.1) is 5.92 Å². The molecule has 0 radical (unpaired) electrons. The van der Waals surface area contributed by atoms with Gasteiger partial charge in [-0.1, -0.05) is 0 Å². The first-order valence-electron chi connectivity index (χ1n) is 8.08. The van der Waals surface area contributed by atoms with Crippen LogP contribution >= 0.6 is 0 Å². The molecule has 0 aliphatic carbocycles. The second-order valence-corrected chi connectivity index (χ2v) is 5.52. The Kier molecular flexibility index (Phi) is 6.07. The lowest BCUT2D eigenvalue weighted by atomic mass is 9.97. The van der Waals surface area contributed by atoms with E-state index in [1.165, 1.54) is 0 Å². The number of rotatable bonds is 6. The van der Waals surface area contributed by atoms with E-state index >= 15 is 0 Å². The van der Waals surface area contributed by atoms with Crippen LogP contribution in [0.1, 0.15) is 37.0 Å². The molecule has 0 aromatic heterocycles. The molecule has 0 saturated carbocycles. The third kappa shape index (κ3) is 3.91. The summed E-state index contributed by atoms with van der Waals surface area (Å²) in [6.45, 7) is 7.13. The summed E-state index contributed by atoms with van der Waals surface area (Å²) >= 11 is 0. The van der Waals surface area contributed by atoms with Gasteiger partial charge in [-0.2, -0.15) is 0 Å². The van der Waals surface area contributed by atoms with Crippen molar-refractivity contribution >= 4 is 5.91 Å². The zero-order valence-corrected chi connectivity index (χ0v) is 13.5. The molecule has 1 amide bonds. The van der Waals surface area contributed by atoms with Gasteiger partial charge in [0.05, 0.1) is 13.2 Å². The summed E-state index contributed by atoms with van der Waals surface area (Å²) in [5, 5.41) is 0. The molecule has 122 valence electrons. The summed E-state index contributed by atoms with van der Waals surface area (Å²) in [4.78, 5) is 14.6. The lowest BCUT2D eigenvalue weighted by Crippen LogP contribution is -2.42. The molecule has 1 unspecified atom stereocenters. The summed E-state index contributed by atoms with van der Waals surface area (Å²) in [7, 11) is 0. The Morgan fingerprint density at radius 1 is 1.27 bits per heavy atom. The lowest BCUT2D eigenvalue weighted by molar-refractivity contribution is 0.0677. The van der Waals surface area contributed by atoms with E-state index in [9.17, 15) is 4.79 Å². The average molecular weight is 306 g/mol. The van der Waals surface area contributed by atoms with Crippen molar-refractivity contribution in [2.45, 2.75) is 26.7 Å². The van der Waals surface area contributed by atoms with Gasteiger partial charge in [0.2, 0.25) is 0 Å². The Morgan fingerprint density at radius 3 is 2.68 bits per heavy atom. The van der Waals surface area contributed by atoms with Crippen molar-refractivity contribution in [2.75, 3.05) is 32.8 Å². The molecule has 5 heteroatoms. The number of benzene rings is 1. The molecular formula is C17H26N2O3. The Hall–Kier alpha value is -1.75. The molecule has 1 heterocycles. The van der Waals surface area contributed by atoms with Crippen LogP contribution in [0.4, 0.5) is 0 Å². The Balaban J connectivity index is 2.16. The quantitative estimate of drug-likeness (QED) is 0.876. The number of nitrogens with zero attached hydrogens (tertiary/aromatic N) is 1. The summed E-state index contributed by atoms with van der Waals surface area (Å²) in [5.74, 6) is 1.76. The topological polar surface area (TPSA) is 64.8 Å². The van der Waals surface area contributed by atoms with Gasteiger partial charge in [0.1, 0.15) is 0 Å². The summed E-state index contributed by atoms with van der Waals surface area (Å²) in [6, 6.07) is 5.40. The van der Waals surface area contributed by atoms with Crippen molar-refractivity contribution in [3.8, 4) is 11.5 Å². The van der Waals surface area contributed by atoms with E-state index in [-0.39, 0.29) is 5.91 Å². The number of hydrogen-bond acceptors (Lipinski definition) is 4. The first-order valence-corrected chi connectivity index (χ1v) is 8.08. The molecule has 1 aliphatic heterocycles. The standard InChI is InChI=1S/C17H26N2O3/c1-3-21-15-8-7-14(10-16(15)22-4-2)17(20)19-9-5-6-13(11-18)12-19/h7-8,10,13H,3-6,9,11-12,18H2,1-2H3. The zero-order valence-electron chi connectivity index (χ0n) is 13.5. The molecule has 22 heavy (non-hydrogen) atoms. The second kappa shape index (κ2) is 8.03. The van der Waals surface area contributed by atoms with Gasteiger partial charge in [-0.3, -0.25) is 4.79 Å². The molecule has 1 saturated heterocycles. The highest BCUT2D eigenvalue weighted by molar-refractivity contribution is 5.95. The van der Waals surface area contributed by atoms with Crippen molar-refractivity contribution in [1.82, 2.24) is 4.90 Å². The second-order valence-electron chi connectivity index (χ2n) is 5.52. The number of ether oxygens (including phenoxy) is 2. The smallest absolute Gasteiger partial charge is 0.254 e. The fourth-order valence-corrected chi connectivity index (χ4v) is 2.81. The third-order valence-corrected chi connectivity index (χ3v) is 3.93. The van der Waals surface area contributed by atoms with Gasteiger partial charge in [0, 0.05) is 18.7 Å². The van der Waals surface area contributed by atoms with Crippen LogP contribution in [0.2, 0.25) is 0 Å². The monoisotopic (exact) mass is 306 g/mol. The Bertz CT molecular complexity index is 505. The van der Waals surface area contributed by atoms with Crippen LogP contribution < -0.4 is 15.2 Å². The maximum Gasteiger partial charge on any atom is 0.254 e. The fraction of sp³-hybridized carbons (Fsp3) is 0.588. The highest BCUT2D eigenvalue weighted by Crippen LogP contribution is 2.29. The molecule has 0 bridgehead atoms. The average Bonchev–Trinajstić information content (AvgIpc) is 2.56. The highest BCUT2D eigenvalue weighted by atomic mass is 16.5. The minimum atomic E-state index is 0.0437. The van der Waals surface area contributed by atoms with E-state index in [4.69, 9.17) is 15.2 Å². The van der Waals surface area contributed by atoms with Gasteiger partial charge in [0.15, 0.2) is 11.5 Å². The van der Waals surface area contributed by atoms with Gasteiger partial charge < -0.3 is 20.1 Å². The molecule has 1 aliphatic rings. The number of likely N-dealkylation sites (tertiary alicyclic amines) is 1.